The standard InChI is InChI=1S/C21H41N2S.C2F6NO4S2/c1-4-5-6-7-9-12-15-21(2)24-19-14-11-8-10-13-16-23-18-17-22(3)20-23;3-1(4,5)14(10,11)9-15(12,13)2(6,7)8/h17-18,20-21H,4-16,19H2,1-3H3;/q+1;-1. The number of hydrogen-bond donors (Lipinski definition) is 0. The first-order valence-corrected chi connectivity index (χ1v) is 16.8. The van der Waals surface area contributed by atoms with E-state index in [2.05, 4.69) is 60.5 Å². The molecule has 16 heteroatoms. The Balaban J connectivity index is 0.000000830. The van der Waals surface area contributed by atoms with Crippen molar-refractivity contribution in [3.63, 3.8) is 0 Å². The molecule has 7 nitrogen and oxygen atoms in total. The fourth-order valence-corrected chi connectivity index (χ4v) is 6.17. The topological polar surface area (TPSA) is 91.2 Å². The first kappa shape index (κ1) is 38.0. The maximum absolute atomic E-state index is 11.4. The molecule has 0 bridgehead atoms. The van der Waals surface area contributed by atoms with Crippen molar-refractivity contribution in [2.75, 3.05) is 5.75 Å². The Kier molecular flexibility index (Phi) is 18.0. The van der Waals surface area contributed by atoms with Gasteiger partial charge in [0.2, 0.25) is 6.33 Å². The number of sulfonamides is 2. The molecule has 0 aromatic carbocycles. The Morgan fingerprint density at radius 2 is 1.31 bits per heavy atom. The summed E-state index contributed by atoms with van der Waals surface area (Å²) in [5.74, 6) is 1.37. The summed E-state index contributed by atoms with van der Waals surface area (Å²) in [4.78, 5) is 0. The van der Waals surface area contributed by atoms with Gasteiger partial charge in [-0.1, -0.05) is 65.2 Å². The van der Waals surface area contributed by atoms with Crippen LogP contribution < -0.4 is 4.57 Å². The van der Waals surface area contributed by atoms with Crippen molar-refractivity contribution in [2.24, 2.45) is 7.05 Å². The van der Waals surface area contributed by atoms with Crippen molar-refractivity contribution in [2.45, 2.75) is 114 Å². The predicted octanol–water partition coefficient (Wildman–Crippen LogP) is 7.19. The molecule has 0 amide bonds. The molecule has 1 heterocycles. The Labute approximate surface area is 233 Å². The fraction of sp³-hybridized carbons (Fsp3) is 0.870. The Morgan fingerprint density at radius 1 is 0.821 bits per heavy atom. The van der Waals surface area contributed by atoms with Gasteiger partial charge in [0.15, 0.2) is 20.0 Å². The smallest absolute Gasteiger partial charge is 0.421 e. The molecule has 0 fully saturated rings. The molecule has 0 aliphatic rings. The van der Waals surface area contributed by atoms with Gasteiger partial charge in [0.25, 0.3) is 0 Å². The summed E-state index contributed by atoms with van der Waals surface area (Å²) in [5, 5.41) is 0.866. The first-order valence-electron chi connectivity index (χ1n) is 12.9. The second-order valence-corrected chi connectivity index (χ2v) is 14.2. The Hall–Kier alpha value is -1.00. The van der Waals surface area contributed by atoms with E-state index < -0.39 is 31.1 Å². The van der Waals surface area contributed by atoms with Gasteiger partial charge >= 0.3 is 11.0 Å². The summed E-state index contributed by atoms with van der Waals surface area (Å²) < 4.78 is 114. The molecule has 0 saturated heterocycles. The van der Waals surface area contributed by atoms with E-state index in [9.17, 15) is 43.2 Å². The number of aryl methyl sites for hydroxylation is 2. The molecule has 1 atom stereocenters. The zero-order valence-electron chi connectivity index (χ0n) is 22.7. The van der Waals surface area contributed by atoms with Gasteiger partial charge in [-0.2, -0.15) is 38.1 Å². The average molecular weight is 634 g/mol. The van der Waals surface area contributed by atoms with Crippen LogP contribution in [0.2, 0.25) is 0 Å². The van der Waals surface area contributed by atoms with Crippen LogP contribution in [0.25, 0.3) is 4.13 Å². The molecule has 1 aromatic rings. The van der Waals surface area contributed by atoms with Gasteiger partial charge in [-0.05, 0) is 31.4 Å². The fourth-order valence-electron chi connectivity index (χ4n) is 3.35. The van der Waals surface area contributed by atoms with Crippen molar-refractivity contribution in [1.82, 2.24) is 4.57 Å². The van der Waals surface area contributed by atoms with Crippen LogP contribution in [-0.2, 0) is 33.6 Å². The van der Waals surface area contributed by atoms with E-state index in [-0.39, 0.29) is 0 Å². The van der Waals surface area contributed by atoms with Gasteiger partial charge in [-0.3, -0.25) is 0 Å². The molecule has 0 aliphatic heterocycles. The number of unbranched alkanes of at least 4 members (excludes halogenated alkanes) is 9. The van der Waals surface area contributed by atoms with Crippen LogP contribution in [0.3, 0.4) is 0 Å². The summed E-state index contributed by atoms with van der Waals surface area (Å²) in [6, 6.07) is 0. The van der Waals surface area contributed by atoms with Gasteiger partial charge in [0.05, 0.1) is 13.6 Å². The minimum absolute atomic E-state index is 0.778. The largest absolute Gasteiger partial charge is 0.480 e. The van der Waals surface area contributed by atoms with Crippen LogP contribution in [-0.4, -0.2) is 43.4 Å². The molecule has 0 radical (unpaired) electrons. The van der Waals surface area contributed by atoms with Crippen molar-refractivity contribution in [3.8, 4) is 0 Å². The molecule has 39 heavy (non-hydrogen) atoms. The van der Waals surface area contributed by atoms with E-state index in [1.54, 1.807) is 0 Å². The first-order chi connectivity index (χ1) is 17.9. The number of alkyl halides is 6. The van der Waals surface area contributed by atoms with E-state index in [0.717, 1.165) is 9.38 Å². The van der Waals surface area contributed by atoms with E-state index in [1.165, 1.54) is 89.3 Å². The highest BCUT2D eigenvalue weighted by atomic mass is 32.3. The zero-order valence-corrected chi connectivity index (χ0v) is 25.1. The highest BCUT2D eigenvalue weighted by Gasteiger charge is 2.46. The van der Waals surface area contributed by atoms with Gasteiger partial charge in [-0.25, -0.2) is 26.0 Å². The van der Waals surface area contributed by atoms with Crippen LogP contribution in [0.5, 0.6) is 0 Å². The van der Waals surface area contributed by atoms with E-state index in [4.69, 9.17) is 0 Å². The molecule has 0 spiro atoms. The van der Waals surface area contributed by atoms with Crippen molar-refractivity contribution >= 4 is 31.8 Å². The number of hydrogen-bond acceptors (Lipinski definition) is 5. The van der Waals surface area contributed by atoms with Crippen LogP contribution >= 0.6 is 11.8 Å². The highest BCUT2D eigenvalue weighted by molar-refractivity contribution is 8.13. The van der Waals surface area contributed by atoms with Crippen LogP contribution in [0.15, 0.2) is 18.7 Å². The molecule has 0 saturated carbocycles. The lowest BCUT2D eigenvalue weighted by atomic mass is 10.1. The molecule has 1 unspecified atom stereocenters. The molecule has 1 rings (SSSR count). The lowest BCUT2D eigenvalue weighted by Crippen LogP contribution is -2.30. The maximum Gasteiger partial charge on any atom is 0.480 e. The van der Waals surface area contributed by atoms with Gasteiger partial charge in [0.1, 0.15) is 12.4 Å². The summed E-state index contributed by atoms with van der Waals surface area (Å²) >= 11 is 2.20. The SMILES string of the molecule is CCCCCCCCC(C)SCCCCCCCn1cc[n+](C)c1.O=S(=O)([N-]S(=O)(=O)C(F)(F)F)C(F)(F)F. The average Bonchev–Trinajstić information content (AvgIpc) is 3.21. The highest BCUT2D eigenvalue weighted by Crippen LogP contribution is 2.36. The monoisotopic (exact) mass is 633 g/mol. The lowest BCUT2D eigenvalue weighted by Gasteiger charge is -2.22. The third-order valence-electron chi connectivity index (χ3n) is 5.53. The number of thioether (sulfide) groups is 1. The third kappa shape index (κ3) is 17.4. The summed E-state index contributed by atoms with van der Waals surface area (Å²) in [5.41, 5.74) is -12.4. The minimum Gasteiger partial charge on any atom is -0.421 e. The normalized spacial score (nSPS) is 13.7. The van der Waals surface area contributed by atoms with Crippen molar-refractivity contribution in [3.05, 3.63) is 22.8 Å². The maximum atomic E-state index is 11.4. The number of halogens is 6. The molecule has 0 aliphatic carbocycles. The molecule has 0 N–H and O–H groups in total. The molecular formula is C23H41F6N3O4S3. The second-order valence-electron chi connectivity index (χ2n) is 9.24. The molecule has 232 valence electrons. The number of rotatable bonds is 18. The Morgan fingerprint density at radius 3 is 1.79 bits per heavy atom. The van der Waals surface area contributed by atoms with Crippen LogP contribution in [0.1, 0.15) is 90.9 Å². The van der Waals surface area contributed by atoms with E-state index in [0.29, 0.717) is 0 Å². The summed E-state index contributed by atoms with van der Waals surface area (Å²) in [6.45, 7) is 5.89. The second kappa shape index (κ2) is 18.4. The van der Waals surface area contributed by atoms with Gasteiger partial charge in [-0.15, -0.1) is 0 Å². The zero-order chi connectivity index (χ0) is 30.2. The summed E-state index contributed by atoms with van der Waals surface area (Å²) in [6.07, 6.45) is 23.4. The number of nitrogens with zero attached hydrogens (tertiary/aromatic N) is 3. The van der Waals surface area contributed by atoms with E-state index in [1.807, 2.05) is 0 Å². The van der Waals surface area contributed by atoms with Crippen LogP contribution in [0.4, 0.5) is 26.3 Å². The number of aromatic nitrogens is 2. The molecule has 1 aromatic heterocycles. The Bertz CT molecular complexity index is 955. The third-order valence-corrected chi connectivity index (χ3v) is 9.60. The minimum atomic E-state index is -6.72. The predicted molar refractivity (Wildman–Crippen MR) is 142 cm³/mol. The van der Waals surface area contributed by atoms with Crippen molar-refractivity contribution < 1.29 is 47.7 Å². The molecular weight excluding hydrogens is 592 g/mol. The quantitative estimate of drug-likeness (QED) is 0.0969. The van der Waals surface area contributed by atoms with Gasteiger partial charge < -0.3 is 4.13 Å². The number of imidazole rings is 1. The van der Waals surface area contributed by atoms with Gasteiger partial charge in [0, 0.05) is 5.25 Å². The van der Waals surface area contributed by atoms with Crippen LogP contribution in [0, 0.1) is 0 Å². The summed E-state index contributed by atoms with van der Waals surface area (Å²) in [7, 11) is -11.4. The van der Waals surface area contributed by atoms with E-state index >= 15 is 0 Å². The van der Waals surface area contributed by atoms with Crippen molar-refractivity contribution in [1.29, 1.82) is 0 Å². The lowest BCUT2D eigenvalue weighted by molar-refractivity contribution is -0.671.